The van der Waals surface area contributed by atoms with Gasteiger partial charge in [-0.15, -0.1) is 0 Å². The lowest BCUT2D eigenvalue weighted by molar-refractivity contribution is -0.101. The average Bonchev–Trinajstić information content (AvgIpc) is 3.06. The number of hydrogen-bond donors (Lipinski definition) is 1. The van der Waals surface area contributed by atoms with E-state index < -0.39 is 5.60 Å². The topological polar surface area (TPSA) is 69.4 Å². The number of ether oxygens (including phenoxy) is 2. The first-order chi connectivity index (χ1) is 10.3. The van der Waals surface area contributed by atoms with Crippen molar-refractivity contribution in [1.82, 2.24) is 10.1 Å². The normalized spacial score (nSPS) is 17.6. The number of hydrogen-bond acceptors (Lipinski definition) is 6. The Bertz CT molecular complexity index is 588. The first-order valence-electron chi connectivity index (χ1n) is 7.03. The number of benzene rings is 1. The van der Waals surface area contributed by atoms with Crippen LogP contribution < -0.4 is 5.32 Å². The summed E-state index contributed by atoms with van der Waals surface area (Å²) >= 11 is 0. The van der Waals surface area contributed by atoms with Gasteiger partial charge in [-0.25, -0.2) is 0 Å². The number of nitrogens with zero attached hydrogens (tertiary/aromatic N) is 2. The highest BCUT2D eigenvalue weighted by Gasteiger charge is 2.39. The first kappa shape index (κ1) is 14.0. The van der Waals surface area contributed by atoms with Gasteiger partial charge in [-0.05, 0) is 24.3 Å². The lowest BCUT2D eigenvalue weighted by Crippen LogP contribution is -2.36. The van der Waals surface area contributed by atoms with E-state index in [4.69, 9.17) is 14.0 Å². The molecule has 0 saturated carbocycles. The summed E-state index contributed by atoms with van der Waals surface area (Å²) in [5, 5.41) is 7.20. The minimum absolute atomic E-state index is 0.495. The van der Waals surface area contributed by atoms with Gasteiger partial charge in [0, 0.05) is 51.5 Å². The van der Waals surface area contributed by atoms with Crippen LogP contribution in [0.25, 0.3) is 11.5 Å². The molecule has 0 unspecified atom stereocenters. The second-order valence-corrected chi connectivity index (χ2v) is 5.06. The van der Waals surface area contributed by atoms with Crippen LogP contribution in [-0.2, 0) is 15.1 Å². The Balaban J connectivity index is 1.87. The van der Waals surface area contributed by atoms with E-state index in [9.17, 15) is 0 Å². The Hall–Kier alpha value is -1.92. The summed E-state index contributed by atoms with van der Waals surface area (Å²) in [5.74, 6) is 1.11. The van der Waals surface area contributed by atoms with Crippen LogP contribution in [0.5, 0.6) is 0 Å². The predicted octanol–water partition coefficient (Wildman–Crippen LogP) is 2.43. The summed E-state index contributed by atoms with van der Waals surface area (Å²) in [4.78, 5) is 4.52. The molecule has 0 atom stereocenters. The fourth-order valence-electron chi connectivity index (χ4n) is 2.53. The van der Waals surface area contributed by atoms with Crippen molar-refractivity contribution < 1.29 is 14.0 Å². The highest BCUT2D eigenvalue weighted by atomic mass is 16.5. The Morgan fingerprint density at radius 1 is 1.19 bits per heavy atom. The Morgan fingerprint density at radius 2 is 1.90 bits per heavy atom. The van der Waals surface area contributed by atoms with Gasteiger partial charge in [-0.2, -0.15) is 4.98 Å². The van der Waals surface area contributed by atoms with E-state index in [1.165, 1.54) is 0 Å². The van der Waals surface area contributed by atoms with Crippen LogP contribution in [0.1, 0.15) is 18.7 Å². The maximum Gasteiger partial charge on any atom is 0.258 e. The molecule has 0 radical (unpaired) electrons. The Labute approximate surface area is 123 Å². The quantitative estimate of drug-likeness (QED) is 0.932. The van der Waals surface area contributed by atoms with Gasteiger partial charge in [0.25, 0.3) is 5.89 Å². The monoisotopic (exact) mass is 289 g/mol. The van der Waals surface area contributed by atoms with E-state index in [1.54, 1.807) is 7.11 Å². The molecular formula is C15H19N3O3. The smallest absolute Gasteiger partial charge is 0.258 e. The summed E-state index contributed by atoms with van der Waals surface area (Å²) < 4.78 is 16.5. The number of anilines is 1. The Kier molecular flexibility index (Phi) is 3.90. The van der Waals surface area contributed by atoms with Crippen LogP contribution >= 0.6 is 0 Å². The highest BCUT2D eigenvalue weighted by molar-refractivity contribution is 5.58. The molecule has 1 aromatic heterocycles. The van der Waals surface area contributed by atoms with E-state index in [0.717, 1.165) is 24.1 Å². The van der Waals surface area contributed by atoms with E-state index >= 15 is 0 Å². The first-order valence-corrected chi connectivity index (χ1v) is 7.03. The van der Waals surface area contributed by atoms with E-state index in [-0.39, 0.29) is 0 Å². The minimum atomic E-state index is -0.495. The summed E-state index contributed by atoms with van der Waals surface area (Å²) in [6.45, 7) is 1.29. The van der Waals surface area contributed by atoms with Crippen molar-refractivity contribution in [1.29, 1.82) is 0 Å². The molecule has 1 N–H and O–H groups in total. The van der Waals surface area contributed by atoms with E-state index in [0.29, 0.717) is 24.9 Å². The standard InChI is InChI=1S/C15H19N3O3/c1-16-12-5-3-11(4-6-12)13-17-14(18-21-13)15(19-2)7-9-20-10-8-15/h3-6,16H,7-10H2,1-2H3. The fraction of sp³-hybridized carbons (Fsp3) is 0.467. The lowest BCUT2D eigenvalue weighted by atomic mass is 9.93. The van der Waals surface area contributed by atoms with Crippen molar-refractivity contribution in [2.45, 2.75) is 18.4 Å². The molecule has 0 aliphatic carbocycles. The Morgan fingerprint density at radius 3 is 2.52 bits per heavy atom. The second-order valence-electron chi connectivity index (χ2n) is 5.06. The summed E-state index contributed by atoms with van der Waals surface area (Å²) in [7, 11) is 3.57. The zero-order chi connectivity index (χ0) is 14.7. The van der Waals surface area contributed by atoms with Gasteiger partial charge < -0.3 is 19.3 Å². The summed E-state index contributed by atoms with van der Waals surface area (Å²) in [6, 6.07) is 7.85. The SMILES string of the molecule is CNc1ccc(-c2nc(C3(OC)CCOCC3)no2)cc1. The molecule has 1 saturated heterocycles. The van der Waals surface area contributed by atoms with E-state index in [2.05, 4.69) is 15.5 Å². The lowest BCUT2D eigenvalue weighted by Gasteiger charge is -2.32. The molecule has 1 fully saturated rings. The second kappa shape index (κ2) is 5.83. The number of nitrogens with one attached hydrogen (secondary N) is 1. The van der Waals surface area contributed by atoms with Crippen molar-refractivity contribution in [3.05, 3.63) is 30.1 Å². The third-order valence-electron chi connectivity index (χ3n) is 3.95. The molecule has 1 aliphatic heterocycles. The van der Waals surface area contributed by atoms with Crippen LogP contribution in [0.3, 0.4) is 0 Å². The molecule has 1 aliphatic rings. The van der Waals surface area contributed by atoms with Crippen LogP contribution in [0, 0.1) is 0 Å². The molecule has 1 aromatic carbocycles. The van der Waals surface area contributed by atoms with Gasteiger partial charge in [0.05, 0.1) is 0 Å². The summed E-state index contributed by atoms with van der Waals surface area (Å²) in [6.07, 6.45) is 1.47. The molecule has 21 heavy (non-hydrogen) atoms. The van der Waals surface area contributed by atoms with Gasteiger partial charge in [0.2, 0.25) is 5.82 Å². The zero-order valence-electron chi connectivity index (χ0n) is 12.3. The van der Waals surface area contributed by atoms with Gasteiger partial charge in [-0.1, -0.05) is 5.16 Å². The molecule has 2 aromatic rings. The highest BCUT2D eigenvalue weighted by Crippen LogP contribution is 2.34. The zero-order valence-corrected chi connectivity index (χ0v) is 12.3. The summed E-state index contributed by atoms with van der Waals surface area (Å²) in [5.41, 5.74) is 1.44. The van der Waals surface area contributed by atoms with Gasteiger partial charge in [0.1, 0.15) is 5.60 Å². The van der Waals surface area contributed by atoms with Gasteiger partial charge in [-0.3, -0.25) is 0 Å². The van der Waals surface area contributed by atoms with Crippen LogP contribution in [0.2, 0.25) is 0 Å². The third-order valence-corrected chi connectivity index (χ3v) is 3.95. The molecule has 0 bridgehead atoms. The van der Waals surface area contributed by atoms with Crippen molar-refractivity contribution in [2.24, 2.45) is 0 Å². The molecule has 6 heteroatoms. The molecule has 112 valence electrons. The average molecular weight is 289 g/mol. The molecule has 6 nitrogen and oxygen atoms in total. The number of rotatable bonds is 4. The molecule has 3 rings (SSSR count). The van der Waals surface area contributed by atoms with Crippen LogP contribution in [0.4, 0.5) is 5.69 Å². The maximum atomic E-state index is 5.68. The van der Waals surface area contributed by atoms with Gasteiger partial charge >= 0.3 is 0 Å². The molecule has 0 amide bonds. The fourth-order valence-corrected chi connectivity index (χ4v) is 2.53. The van der Waals surface area contributed by atoms with Crippen molar-refractivity contribution in [3.8, 4) is 11.5 Å². The molecule has 0 spiro atoms. The largest absolute Gasteiger partial charge is 0.388 e. The predicted molar refractivity (Wildman–Crippen MR) is 78.0 cm³/mol. The minimum Gasteiger partial charge on any atom is -0.388 e. The third kappa shape index (κ3) is 2.64. The van der Waals surface area contributed by atoms with Crippen molar-refractivity contribution in [3.63, 3.8) is 0 Å². The number of aromatic nitrogens is 2. The maximum absolute atomic E-state index is 5.68. The van der Waals surface area contributed by atoms with Crippen molar-refractivity contribution >= 4 is 5.69 Å². The van der Waals surface area contributed by atoms with E-state index in [1.807, 2.05) is 31.3 Å². The molecular weight excluding hydrogens is 270 g/mol. The molecule has 2 heterocycles. The van der Waals surface area contributed by atoms with Crippen molar-refractivity contribution in [2.75, 3.05) is 32.7 Å². The van der Waals surface area contributed by atoms with Crippen LogP contribution in [0.15, 0.2) is 28.8 Å². The van der Waals surface area contributed by atoms with Crippen LogP contribution in [-0.4, -0.2) is 37.5 Å². The van der Waals surface area contributed by atoms with Gasteiger partial charge in [0.15, 0.2) is 0 Å². The number of methoxy groups -OCH3 is 1.